The van der Waals surface area contributed by atoms with Crippen LogP contribution in [0.5, 0.6) is 0 Å². The lowest BCUT2D eigenvalue weighted by molar-refractivity contribution is 0.199. The normalized spacial score (nSPS) is 10.6. The maximum atomic E-state index is 5.90. The van der Waals surface area contributed by atoms with Crippen molar-refractivity contribution in [2.75, 3.05) is 32.6 Å². The number of thioether (sulfide) groups is 1. The molecule has 4 heteroatoms. The van der Waals surface area contributed by atoms with Gasteiger partial charge < -0.3 is 10.1 Å². The highest BCUT2D eigenvalue weighted by atomic mass is 35.5. The molecule has 0 atom stereocenters. The zero-order valence-electron chi connectivity index (χ0n) is 9.54. The molecule has 1 N–H and O–H groups in total. The summed E-state index contributed by atoms with van der Waals surface area (Å²) in [6.07, 6.45) is 1.15. The summed E-state index contributed by atoms with van der Waals surface area (Å²) in [5.41, 5.74) is 0. The standard InChI is InChI=1S/C12H18ClNOS/c1-15-8-7-14-6-3-9-16-12-5-2-4-11(13)10-12/h2,4-5,10,14H,3,6-9H2,1H3. The van der Waals surface area contributed by atoms with Gasteiger partial charge in [-0.1, -0.05) is 17.7 Å². The van der Waals surface area contributed by atoms with E-state index in [1.807, 2.05) is 30.0 Å². The first kappa shape index (κ1) is 13.8. The van der Waals surface area contributed by atoms with Crippen molar-refractivity contribution >= 4 is 23.4 Å². The lowest BCUT2D eigenvalue weighted by Gasteiger charge is -2.04. The first-order chi connectivity index (χ1) is 7.83. The molecule has 0 aliphatic heterocycles. The molecule has 1 aromatic rings. The second-order valence-corrected chi connectivity index (χ2v) is 5.01. The highest BCUT2D eigenvalue weighted by Gasteiger charge is 1.95. The van der Waals surface area contributed by atoms with E-state index in [1.165, 1.54) is 4.90 Å². The average molecular weight is 260 g/mol. The first-order valence-corrected chi connectivity index (χ1v) is 6.77. The van der Waals surface area contributed by atoms with E-state index in [2.05, 4.69) is 11.4 Å². The summed E-state index contributed by atoms with van der Waals surface area (Å²) >= 11 is 7.75. The lowest BCUT2D eigenvalue weighted by Crippen LogP contribution is -2.20. The molecule has 2 nitrogen and oxygen atoms in total. The van der Waals surface area contributed by atoms with E-state index in [4.69, 9.17) is 16.3 Å². The Morgan fingerprint density at radius 2 is 2.25 bits per heavy atom. The van der Waals surface area contributed by atoms with Gasteiger partial charge in [0.15, 0.2) is 0 Å². The Kier molecular flexibility index (Phi) is 7.68. The highest BCUT2D eigenvalue weighted by molar-refractivity contribution is 7.99. The van der Waals surface area contributed by atoms with Crippen LogP contribution in [0.1, 0.15) is 6.42 Å². The third-order valence-electron chi connectivity index (χ3n) is 2.05. The van der Waals surface area contributed by atoms with Crippen molar-refractivity contribution in [1.82, 2.24) is 5.32 Å². The fourth-order valence-electron chi connectivity index (χ4n) is 1.24. The van der Waals surface area contributed by atoms with Gasteiger partial charge in [0, 0.05) is 23.6 Å². The Labute approximate surface area is 107 Å². The zero-order chi connectivity index (χ0) is 11.6. The van der Waals surface area contributed by atoms with Crippen molar-refractivity contribution in [3.63, 3.8) is 0 Å². The predicted molar refractivity (Wildman–Crippen MR) is 71.5 cm³/mol. The largest absolute Gasteiger partial charge is 0.383 e. The molecule has 0 amide bonds. The van der Waals surface area contributed by atoms with E-state index >= 15 is 0 Å². The number of nitrogens with one attached hydrogen (secondary N) is 1. The highest BCUT2D eigenvalue weighted by Crippen LogP contribution is 2.21. The fraction of sp³-hybridized carbons (Fsp3) is 0.500. The van der Waals surface area contributed by atoms with Crippen LogP contribution in [0.3, 0.4) is 0 Å². The first-order valence-electron chi connectivity index (χ1n) is 5.41. The van der Waals surface area contributed by atoms with Crippen LogP contribution in [0.25, 0.3) is 0 Å². The van der Waals surface area contributed by atoms with Crippen LogP contribution in [-0.2, 0) is 4.74 Å². The van der Waals surface area contributed by atoms with Crippen LogP contribution in [0.15, 0.2) is 29.2 Å². The summed E-state index contributed by atoms with van der Waals surface area (Å²) in [5, 5.41) is 4.13. The smallest absolute Gasteiger partial charge is 0.0587 e. The van der Waals surface area contributed by atoms with Gasteiger partial charge in [-0.15, -0.1) is 11.8 Å². The minimum absolute atomic E-state index is 0.779. The van der Waals surface area contributed by atoms with Crippen molar-refractivity contribution in [2.24, 2.45) is 0 Å². The van der Waals surface area contributed by atoms with Gasteiger partial charge in [0.05, 0.1) is 6.61 Å². The summed E-state index contributed by atoms with van der Waals surface area (Å²) in [6, 6.07) is 7.99. The third-order valence-corrected chi connectivity index (χ3v) is 3.36. The topological polar surface area (TPSA) is 21.3 Å². The van der Waals surface area contributed by atoms with Gasteiger partial charge in [0.2, 0.25) is 0 Å². The molecule has 1 rings (SSSR count). The number of benzene rings is 1. The van der Waals surface area contributed by atoms with Gasteiger partial charge in [-0.2, -0.15) is 0 Å². The molecule has 16 heavy (non-hydrogen) atoms. The van der Waals surface area contributed by atoms with Gasteiger partial charge in [-0.05, 0) is 36.9 Å². The van der Waals surface area contributed by atoms with Crippen LogP contribution < -0.4 is 5.32 Å². The fourth-order valence-corrected chi connectivity index (χ4v) is 2.41. The average Bonchev–Trinajstić information content (AvgIpc) is 2.28. The molecular formula is C12H18ClNOS. The van der Waals surface area contributed by atoms with Crippen molar-refractivity contribution in [3.8, 4) is 0 Å². The van der Waals surface area contributed by atoms with E-state index in [0.29, 0.717) is 0 Å². The second-order valence-electron chi connectivity index (χ2n) is 3.40. The summed E-state index contributed by atoms with van der Waals surface area (Å²) in [6.45, 7) is 2.75. The minimum atomic E-state index is 0.779. The van der Waals surface area contributed by atoms with E-state index in [1.54, 1.807) is 7.11 Å². The second kappa shape index (κ2) is 8.88. The SMILES string of the molecule is COCCNCCCSc1cccc(Cl)c1. The molecule has 90 valence electrons. The number of hydrogen-bond donors (Lipinski definition) is 1. The molecule has 0 aliphatic rings. The van der Waals surface area contributed by atoms with E-state index in [-0.39, 0.29) is 0 Å². The molecule has 0 spiro atoms. The molecule has 0 heterocycles. The Hall–Kier alpha value is -0.220. The van der Waals surface area contributed by atoms with Crippen LogP contribution in [0, 0.1) is 0 Å². The third kappa shape index (κ3) is 6.38. The molecule has 0 saturated carbocycles. The van der Waals surface area contributed by atoms with Crippen molar-refractivity contribution in [3.05, 3.63) is 29.3 Å². The Balaban J connectivity index is 2.03. The van der Waals surface area contributed by atoms with Crippen LogP contribution in [0.2, 0.25) is 5.02 Å². The monoisotopic (exact) mass is 259 g/mol. The van der Waals surface area contributed by atoms with E-state index in [0.717, 1.165) is 36.9 Å². The quantitative estimate of drug-likeness (QED) is 0.573. The summed E-state index contributed by atoms with van der Waals surface area (Å²) in [4.78, 5) is 1.24. The van der Waals surface area contributed by atoms with Crippen molar-refractivity contribution in [1.29, 1.82) is 0 Å². The van der Waals surface area contributed by atoms with Gasteiger partial charge in [0.25, 0.3) is 0 Å². The Morgan fingerprint density at radius 1 is 1.38 bits per heavy atom. The molecular weight excluding hydrogens is 242 g/mol. The number of halogens is 1. The van der Waals surface area contributed by atoms with Crippen LogP contribution in [-0.4, -0.2) is 32.6 Å². The molecule has 0 aromatic heterocycles. The van der Waals surface area contributed by atoms with Crippen LogP contribution in [0.4, 0.5) is 0 Å². The zero-order valence-corrected chi connectivity index (χ0v) is 11.1. The predicted octanol–water partition coefficient (Wildman–Crippen LogP) is 3.06. The lowest BCUT2D eigenvalue weighted by atomic mass is 10.4. The Bertz CT molecular complexity index is 296. The minimum Gasteiger partial charge on any atom is -0.383 e. The number of ether oxygens (including phenoxy) is 1. The Morgan fingerprint density at radius 3 is 3.00 bits per heavy atom. The molecule has 0 aliphatic carbocycles. The molecule has 0 bridgehead atoms. The van der Waals surface area contributed by atoms with Gasteiger partial charge in [-0.3, -0.25) is 0 Å². The van der Waals surface area contributed by atoms with Gasteiger partial charge >= 0.3 is 0 Å². The molecule has 0 fully saturated rings. The molecule has 1 aromatic carbocycles. The number of methoxy groups -OCH3 is 1. The van der Waals surface area contributed by atoms with Crippen molar-refractivity contribution in [2.45, 2.75) is 11.3 Å². The van der Waals surface area contributed by atoms with Crippen LogP contribution >= 0.6 is 23.4 Å². The van der Waals surface area contributed by atoms with Gasteiger partial charge in [0.1, 0.15) is 0 Å². The summed E-state index contributed by atoms with van der Waals surface area (Å²) in [7, 11) is 1.72. The molecule has 0 radical (unpaired) electrons. The molecule has 0 saturated heterocycles. The number of rotatable bonds is 8. The van der Waals surface area contributed by atoms with E-state index in [9.17, 15) is 0 Å². The van der Waals surface area contributed by atoms with Gasteiger partial charge in [-0.25, -0.2) is 0 Å². The number of hydrogen-bond acceptors (Lipinski definition) is 3. The molecule has 0 unspecified atom stereocenters. The maximum Gasteiger partial charge on any atom is 0.0587 e. The summed E-state index contributed by atoms with van der Waals surface area (Å²) < 4.78 is 4.95. The van der Waals surface area contributed by atoms with Crippen molar-refractivity contribution < 1.29 is 4.74 Å². The van der Waals surface area contributed by atoms with E-state index < -0.39 is 0 Å². The summed E-state index contributed by atoms with van der Waals surface area (Å²) in [5.74, 6) is 1.11. The maximum absolute atomic E-state index is 5.90.